The van der Waals surface area contributed by atoms with Crippen LogP contribution in [0.2, 0.25) is 0 Å². The Hall–Kier alpha value is -2.35. The van der Waals surface area contributed by atoms with Crippen molar-refractivity contribution < 1.29 is 8.78 Å². The fourth-order valence-corrected chi connectivity index (χ4v) is 1.95. The molecule has 0 fully saturated rings. The zero-order chi connectivity index (χ0) is 14.0. The van der Waals surface area contributed by atoms with Crippen LogP contribution in [0.25, 0.3) is 11.3 Å². The Labute approximate surface area is 110 Å². The van der Waals surface area contributed by atoms with Gasteiger partial charge in [-0.25, -0.2) is 13.8 Å². The Balaban J connectivity index is 2.60. The van der Waals surface area contributed by atoms with E-state index in [9.17, 15) is 8.78 Å². The predicted octanol–water partition coefficient (Wildman–Crippen LogP) is 2.61. The number of nitrogen functional groups attached to an aromatic ring is 1. The summed E-state index contributed by atoms with van der Waals surface area (Å²) in [5, 5.41) is 0. The third-order valence-electron chi connectivity index (χ3n) is 2.79. The number of aryl methyl sites for hydroxylation is 1. The summed E-state index contributed by atoms with van der Waals surface area (Å²) >= 11 is 0. The van der Waals surface area contributed by atoms with Gasteiger partial charge in [0.15, 0.2) is 0 Å². The Morgan fingerprint density at radius 1 is 1.32 bits per heavy atom. The number of hydrogen-bond donors (Lipinski definition) is 1. The molecule has 5 heteroatoms. The van der Waals surface area contributed by atoms with E-state index >= 15 is 0 Å². The van der Waals surface area contributed by atoms with Gasteiger partial charge < -0.3 is 10.3 Å². The molecule has 3 nitrogen and oxygen atoms in total. The first-order valence-corrected chi connectivity index (χ1v) is 5.81. The molecular weight excluding hydrogens is 248 g/mol. The van der Waals surface area contributed by atoms with E-state index in [1.807, 2.05) is 6.92 Å². The molecule has 1 aromatic carbocycles. The molecule has 2 aromatic rings. The topological polar surface area (TPSA) is 43.8 Å². The summed E-state index contributed by atoms with van der Waals surface area (Å²) < 4.78 is 28.1. The number of nitrogens with zero attached hydrogens (tertiary/aromatic N) is 2. The van der Waals surface area contributed by atoms with Gasteiger partial charge in [0.2, 0.25) is 0 Å². The standard InChI is InChI=1S/C14H13F2N3/c1-3-5-19-12(4-2)18-13(14(19)17)9-6-10(15)8-11(16)7-9/h1,6-8H,4-5,17H2,2H3. The number of imidazole rings is 1. The summed E-state index contributed by atoms with van der Waals surface area (Å²) in [5.41, 5.74) is 6.62. The molecule has 0 saturated carbocycles. The van der Waals surface area contributed by atoms with Crippen LogP contribution in [0.3, 0.4) is 0 Å². The van der Waals surface area contributed by atoms with Crippen molar-refractivity contribution in [3.05, 3.63) is 35.7 Å². The van der Waals surface area contributed by atoms with Crippen molar-refractivity contribution in [2.75, 3.05) is 5.73 Å². The van der Waals surface area contributed by atoms with Crippen LogP contribution in [-0.4, -0.2) is 9.55 Å². The van der Waals surface area contributed by atoms with Crippen LogP contribution in [0.4, 0.5) is 14.6 Å². The van der Waals surface area contributed by atoms with Crippen LogP contribution in [0.1, 0.15) is 12.7 Å². The Morgan fingerprint density at radius 2 is 1.95 bits per heavy atom. The van der Waals surface area contributed by atoms with Gasteiger partial charge >= 0.3 is 0 Å². The highest BCUT2D eigenvalue weighted by Gasteiger charge is 2.15. The molecule has 2 rings (SSSR count). The first-order chi connectivity index (χ1) is 9.06. The highest BCUT2D eigenvalue weighted by Crippen LogP contribution is 2.27. The van der Waals surface area contributed by atoms with Gasteiger partial charge in [0.1, 0.15) is 29.0 Å². The van der Waals surface area contributed by atoms with Crippen molar-refractivity contribution in [2.45, 2.75) is 19.9 Å². The van der Waals surface area contributed by atoms with Crippen molar-refractivity contribution in [2.24, 2.45) is 0 Å². The van der Waals surface area contributed by atoms with Crippen LogP contribution in [0.5, 0.6) is 0 Å². The normalized spacial score (nSPS) is 10.4. The molecule has 0 amide bonds. The zero-order valence-corrected chi connectivity index (χ0v) is 10.5. The first kappa shape index (κ1) is 13.1. The van der Waals surface area contributed by atoms with Crippen LogP contribution in [0, 0.1) is 24.0 Å². The largest absolute Gasteiger partial charge is 0.383 e. The molecule has 98 valence electrons. The van der Waals surface area contributed by atoms with Crippen molar-refractivity contribution in [1.82, 2.24) is 9.55 Å². The lowest BCUT2D eigenvalue weighted by Gasteiger charge is -2.04. The molecule has 0 aliphatic carbocycles. The summed E-state index contributed by atoms with van der Waals surface area (Å²) in [7, 11) is 0. The quantitative estimate of drug-likeness (QED) is 0.863. The fraction of sp³-hybridized carbons (Fsp3) is 0.214. The SMILES string of the molecule is C#CCn1c(CC)nc(-c2cc(F)cc(F)c2)c1N. The van der Waals surface area contributed by atoms with Crippen molar-refractivity contribution in [1.29, 1.82) is 0 Å². The second-order valence-electron chi connectivity index (χ2n) is 4.06. The minimum absolute atomic E-state index is 0.278. The maximum atomic E-state index is 13.2. The molecule has 0 saturated heterocycles. The molecule has 0 atom stereocenters. The van der Waals surface area contributed by atoms with Crippen molar-refractivity contribution in [3.63, 3.8) is 0 Å². The molecule has 0 aliphatic rings. The Kier molecular flexibility index (Phi) is 3.52. The van der Waals surface area contributed by atoms with Gasteiger partial charge in [-0.1, -0.05) is 12.8 Å². The van der Waals surface area contributed by atoms with E-state index in [0.717, 1.165) is 6.07 Å². The molecule has 0 aliphatic heterocycles. The van der Waals surface area contributed by atoms with Crippen molar-refractivity contribution >= 4 is 5.82 Å². The van der Waals surface area contributed by atoms with Crippen LogP contribution < -0.4 is 5.73 Å². The third-order valence-corrected chi connectivity index (χ3v) is 2.79. The Bertz CT molecular complexity index is 633. The molecule has 0 spiro atoms. The minimum atomic E-state index is -0.668. The van der Waals surface area contributed by atoms with E-state index in [1.54, 1.807) is 4.57 Å². The average molecular weight is 261 g/mol. The average Bonchev–Trinajstić information content (AvgIpc) is 2.66. The number of terminal acetylenes is 1. The van der Waals surface area contributed by atoms with E-state index in [2.05, 4.69) is 10.9 Å². The molecule has 0 bridgehead atoms. The number of aromatic nitrogens is 2. The smallest absolute Gasteiger partial charge is 0.132 e. The fourth-order valence-electron chi connectivity index (χ4n) is 1.95. The van der Waals surface area contributed by atoms with Gasteiger partial charge in [0.25, 0.3) is 0 Å². The highest BCUT2D eigenvalue weighted by molar-refractivity contribution is 5.71. The van der Waals surface area contributed by atoms with Crippen LogP contribution in [-0.2, 0) is 13.0 Å². The van der Waals surface area contributed by atoms with E-state index in [-0.39, 0.29) is 6.54 Å². The summed E-state index contributed by atoms with van der Waals surface area (Å²) in [6.45, 7) is 2.19. The maximum absolute atomic E-state index is 13.2. The maximum Gasteiger partial charge on any atom is 0.132 e. The Morgan fingerprint density at radius 3 is 2.47 bits per heavy atom. The molecule has 2 N–H and O–H groups in total. The van der Waals surface area contributed by atoms with Crippen molar-refractivity contribution in [3.8, 4) is 23.6 Å². The molecule has 0 radical (unpaired) electrons. The number of nitrogens with two attached hydrogens (primary N) is 1. The lowest BCUT2D eigenvalue weighted by molar-refractivity contribution is 0.584. The summed E-state index contributed by atoms with van der Waals surface area (Å²) in [4.78, 5) is 4.31. The number of halogens is 2. The second-order valence-corrected chi connectivity index (χ2v) is 4.06. The lowest BCUT2D eigenvalue weighted by atomic mass is 10.1. The monoisotopic (exact) mass is 261 g/mol. The zero-order valence-electron chi connectivity index (χ0n) is 10.5. The number of rotatable bonds is 3. The number of anilines is 1. The van der Waals surface area contributed by atoms with Gasteiger partial charge in [0.05, 0.1) is 6.54 Å². The van der Waals surface area contributed by atoms with E-state index in [0.29, 0.717) is 29.3 Å². The molecule has 19 heavy (non-hydrogen) atoms. The van der Waals surface area contributed by atoms with Gasteiger partial charge in [-0.2, -0.15) is 0 Å². The summed E-state index contributed by atoms with van der Waals surface area (Å²) in [5.74, 6) is 2.16. The number of hydrogen-bond acceptors (Lipinski definition) is 2. The summed E-state index contributed by atoms with van der Waals surface area (Å²) in [6.07, 6.45) is 5.90. The second kappa shape index (κ2) is 5.11. The summed E-state index contributed by atoms with van der Waals surface area (Å²) in [6, 6.07) is 3.20. The molecule has 0 unspecified atom stereocenters. The third kappa shape index (κ3) is 2.43. The predicted molar refractivity (Wildman–Crippen MR) is 70.2 cm³/mol. The first-order valence-electron chi connectivity index (χ1n) is 5.81. The molecule has 1 aromatic heterocycles. The van der Waals surface area contributed by atoms with Crippen LogP contribution in [0.15, 0.2) is 18.2 Å². The van der Waals surface area contributed by atoms with Gasteiger partial charge in [-0.3, -0.25) is 0 Å². The lowest BCUT2D eigenvalue weighted by Crippen LogP contribution is -2.05. The van der Waals surface area contributed by atoms with E-state index < -0.39 is 11.6 Å². The minimum Gasteiger partial charge on any atom is -0.383 e. The van der Waals surface area contributed by atoms with E-state index in [1.165, 1.54) is 12.1 Å². The van der Waals surface area contributed by atoms with Gasteiger partial charge in [-0.05, 0) is 12.1 Å². The van der Waals surface area contributed by atoms with E-state index in [4.69, 9.17) is 12.2 Å². The van der Waals surface area contributed by atoms with Gasteiger partial charge in [-0.15, -0.1) is 6.42 Å². The molecule has 1 heterocycles. The van der Waals surface area contributed by atoms with Crippen LogP contribution >= 0.6 is 0 Å². The number of benzene rings is 1. The molecular formula is C14H13F2N3. The van der Waals surface area contributed by atoms with Gasteiger partial charge in [0, 0.05) is 18.1 Å². The highest BCUT2D eigenvalue weighted by atomic mass is 19.1.